The molecule has 0 unspecified atom stereocenters. The van der Waals surface area contributed by atoms with Crippen LogP contribution in [0.5, 0.6) is 0 Å². The summed E-state index contributed by atoms with van der Waals surface area (Å²) in [6.07, 6.45) is 4.08. The monoisotopic (exact) mass is 268 g/mol. The Morgan fingerprint density at radius 1 is 0.692 bits per heavy atom. The van der Waals surface area contributed by atoms with Crippen molar-refractivity contribution in [3.63, 3.8) is 0 Å². The Hall–Kier alpha value is 1.10. The number of hydrogen-bond donors (Lipinski definition) is 0. The molecule has 0 rings (SSSR count). The molecule has 13 heavy (non-hydrogen) atoms. The maximum absolute atomic E-state index is 2.21. The molecule has 0 heterocycles. The summed E-state index contributed by atoms with van der Waals surface area (Å²) in [7, 11) is 0. The van der Waals surface area contributed by atoms with Gasteiger partial charge in [0.2, 0.25) is 0 Å². The van der Waals surface area contributed by atoms with Crippen LogP contribution in [0.25, 0.3) is 0 Å². The Kier molecular flexibility index (Phi) is 421. The molecule has 0 N–H and O–H groups in total. The normalized spacial score (nSPS) is 4.15. The average molecular weight is 268 g/mol. The third kappa shape index (κ3) is 168. The first-order valence-corrected chi connectivity index (χ1v) is 4.41. The van der Waals surface area contributed by atoms with Gasteiger partial charge >= 0.3 is 0 Å². The second-order valence-corrected chi connectivity index (χ2v) is 1.35. The first-order chi connectivity index (χ1) is 4.41. The van der Waals surface area contributed by atoms with E-state index in [4.69, 9.17) is 0 Å². The van der Waals surface area contributed by atoms with Crippen LogP contribution in [0, 0.1) is 7.43 Å². The molecule has 0 saturated carbocycles. The van der Waals surface area contributed by atoms with Crippen molar-refractivity contribution in [3.8, 4) is 0 Å². The van der Waals surface area contributed by atoms with Crippen LogP contribution in [0.1, 0.15) is 75.7 Å². The van der Waals surface area contributed by atoms with Crippen molar-refractivity contribution >= 4 is 0 Å². The molecule has 0 amide bonds. The number of rotatable bonds is 2. The zero-order chi connectivity index (χ0) is 8.12. The summed E-state index contributed by atoms with van der Waals surface area (Å²) in [6.45, 7) is 12.4. The quantitative estimate of drug-likeness (QED) is 0.541. The second-order valence-electron chi connectivity index (χ2n) is 1.35. The van der Waals surface area contributed by atoms with E-state index < -0.39 is 0 Å². The van der Waals surface area contributed by atoms with Gasteiger partial charge in [-0.1, -0.05) is 75.7 Å². The molecule has 0 aliphatic rings. The van der Waals surface area contributed by atoms with Crippen LogP contribution in [0.3, 0.4) is 0 Å². The zero-order valence-electron chi connectivity index (χ0n) is 9.70. The maximum Gasteiger partial charge on any atom is 0 e. The number of hydrogen-bond acceptors (Lipinski definition) is 0. The van der Waals surface area contributed by atoms with Gasteiger partial charge in [-0.3, -0.25) is 0 Å². The summed E-state index contributed by atoms with van der Waals surface area (Å²) in [6, 6.07) is 0. The second kappa shape index (κ2) is 114. The third-order valence-corrected chi connectivity index (χ3v) is 0.707. The summed E-state index contributed by atoms with van der Waals surface area (Å²) in [5, 5.41) is 0. The molecule has 87 valence electrons. The predicted octanol–water partition coefficient (Wildman–Crippen LogP) is 5.97. The summed E-state index contributed by atoms with van der Waals surface area (Å²) >= 11 is 0. The van der Waals surface area contributed by atoms with Crippen molar-refractivity contribution in [1.29, 1.82) is 0 Å². The van der Waals surface area contributed by atoms with Crippen molar-refractivity contribution in [2.75, 3.05) is 0 Å². The van der Waals surface area contributed by atoms with E-state index in [-0.39, 0.29) is 55.0 Å². The van der Waals surface area contributed by atoms with Crippen LogP contribution in [-0.2, 0) is 32.7 Å². The fraction of sp³-hybridized carbons (Fsp3) is 0.917. The Bertz CT molecular complexity index is 12.6. The number of unbranched alkanes of at least 4 members (excludes halogenated alkanes) is 2. The average Bonchev–Trinajstić information content (AvgIpc) is 1.98. The zero-order valence-corrected chi connectivity index (χ0v) is 12.5. The summed E-state index contributed by atoms with van der Waals surface area (Å²) in [4.78, 5) is 0. The van der Waals surface area contributed by atoms with Gasteiger partial charge < -0.3 is 7.43 Å². The molecule has 1 radical (unpaired) electrons. The molecule has 0 spiro atoms. The predicted molar refractivity (Wildman–Crippen MR) is 67.8 cm³/mol. The van der Waals surface area contributed by atoms with E-state index in [0.717, 1.165) is 0 Å². The first-order valence-electron chi connectivity index (χ1n) is 4.41. The van der Waals surface area contributed by atoms with E-state index >= 15 is 0 Å². The van der Waals surface area contributed by atoms with Crippen LogP contribution in [0.15, 0.2) is 0 Å². The Labute approximate surface area is 115 Å². The van der Waals surface area contributed by atoms with Crippen LogP contribution >= 0.6 is 0 Å². The molecular formula is C12H35Y-. The van der Waals surface area contributed by atoms with Gasteiger partial charge in [0.05, 0.1) is 0 Å². The van der Waals surface area contributed by atoms with E-state index in [1.807, 2.05) is 27.7 Å². The van der Waals surface area contributed by atoms with Gasteiger partial charge in [-0.05, 0) is 0 Å². The Morgan fingerprint density at radius 3 is 0.846 bits per heavy atom. The molecule has 0 aromatic heterocycles. The molecule has 0 aliphatic carbocycles. The molecule has 1 heteroatoms. The van der Waals surface area contributed by atoms with Gasteiger partial charge in [-0.15, -0.1) is 0 Å². The minimum atomic E-state index is 0. The van der Waals surface area contributed by atoms with Crippen molar-refractivity contribution in [2.45, 2.75) is 75.7 Å². The van der Waals surface area contributed by atoms with Gasteiger partial charge in [0, 0.05) is 32.7 Å². The maximum atomic E-state index is 2.21. The summed E-state index contributed by atoms with van der Waals surface area (Å²) in [5.41, 5.74) is 0. The minimum Gasteiger partial charge on any atom is -0.358 e. The van der Waals surface area contributed by atoms with Crippen LogP contribution < -0.4 is 0 Å². The van der Waals surface area contributed by atoms with Gasteiger partial charge in [0.1, 0.15) is 0 Å². The largest absolute Gasteiger partial charge is 0.358 e. The first kappa shape index (κ1) is 48.0. The SMILES string of the molecule is C.C.CC.CC.CCCCC.[CH3-].[Y]. The Morgan fingerprint density at radius 2 is 0.846 bits per heavy atom. The smallest absolute Gasteiger partial charge is 0 e. The molecule has 0 aromatic rings. The topological polar surface area (TPSA) is 0 Å². The van der Waals surface area contributed by atoms with E-state index in [2.05, 4.69) is 13.8 Å². The molecule has 0 aromatic carbocycles. The van der Waals surface area contributed by atoms with Gasteiger partial charge in [0.15, 0.2) is 0 Å². The van der Waals surface area contributed by atoms with E-state index in [1.165, 1.54) is 19.3 Å². The van der Waals surface area contributed by atoms with Gasteiger partial charge in [0.25, 0.3) is 0 Å². The van der Waals surface area contributed by atoms with Gasteiger partial charge in [-0.25, -0.2) is 0 Å². The van der Waals surface area contributed by atoms with Crippen molar-refractivity contribution < 1.29 is 32.7 Å². The molecule has 0 saturated heterocycles. The van der Waals surface area contributed by atoms with E-state index in [9.17, 15) is 0 Å². The fourth-order valence-electron chi connectivity index (χ4n) is 0.354. The van der Waals surface area contributed by atoms with Gasteiger partial charge in [-0.2, -0.15) is 0 Å². The molecule has 0 aliphatic heterocycles. The Balaban J connectivity index is -0.00000000818. The van der Waals surface area contributed by atoms with E-state index in [1.54, 1.807) is 0 Å². The summed E-state index contributed by atoms with van der Waals surface area (Å²) in [5.74, 6) is 0. The third-order valence-electron chi connectivity index (χ3n) is 0.707. The molecule has 0 atom stereocenters. The molecule has 0 nitrogen and oxygen atoms in total. The standard InChI is InChI=1S/C5H12.2C2H6.2CH4.CH3.Y/c1-3-5-4-2;2*1-2;;;;/h3-5H2,1-2H3;2*1-2H3;2*1H4;1H3;/q;;;;;-1;. The molecular weight excluding hydrogens is 233 g/mol. The van der Waals surface area contributed by atoms with Crippen molar-refractivity contribution in [3.05, 3.63) is 7.43 Å². The minimum absolute atomic E-state index is 0. The van der Waals surface area contributed by atoms with E-state index in [0.29, 0.717) is 0 Å². The molecule has 0 bridgehead atoms. The van der Waals surface area contributed by atoms with Crippen molar-refractivity contribution in [2.24, 2.45) is 0 Å². The van der Waals surface area contributed by atoms with Crippen LogP contribution in [0.4, 0.5) is 0 Å². The molecule has 0 fully saturated rings. The summed E-state index contributed by atoms with van der Waals surface area (Å²) < 4.78 is 0. The fourth-order valence-corrected chi connectivity index (χ4v) is 0.354. The van der Waals surface area contributed by atoms with Crippen LogP contribution in [-0.4, -0.2) is 0 Å². The van der Waals surface area contributed by atoms with Crippen LogP contribution in [0.2, 0.25) is 0 Å². The van der Waals surface area contributed by atoms with Crippen molar-refractivity contribution in [1.82, 2.24) is 0 Å².